The van der Waals surface area contributed by atoms with Crippen molar-refractivity contribution in [2.75, 3.05) is 11.5 Å². The van der Waals surface area contributed by atoms with Crippen molar-refractivity contribution in [1.82, 2.24) is 6.15 Å². The number of carboxylic acids is 1. The van der Waals surface area contributed by atoms with E-state index in [0.717, 1.165) is 12.1 Å². The highest BCUT2D eigenvalue weighted by Crippen LogP contribution is 2.19. The van der Waals surface area contributed by atoms with Gasteiger partial charge in [0, 0.05) is 5.56 Å². The lowest BCUT2D eigenvalue weighted by molar-refractivity contribution is -0.255. The zero-order chi connectivity index (χ0) is 9.30. The lowest BCUT2D eigenvalue weighted by Crippen LogP contribution is -2.23. The summed E-state index contributed by atoms with van der Waals surface area (Å²) in [4.78, 5) is 10.2. The maximum absolute atomic E-state index is 12.7. The highest BCUT2D eigenvalue weighted by Gasteiger charge is 2.05. The van der Waals surface area contributed by atoms with Gasteiger partial charge in [0.1, 0.15) is 5.82 Å². The van der Waals surface area contributed by atoms with Gasteiger partial charge in [-0.3, -0.25) is 0 Å². The number of hydrogen-bond acceptors (Lipinski definition) is 4. The van der Waals surface area contributed by atoms with Crippen LogP contribution < -0.4 is 22.7 Å². The van der Waals surface area contributed by atoms with Crippen molar-refractivity contribution in [1.29, 1.82) is 0 Å². The van der Waals surface area contributed by atoms with E-state index >= 15 is 0 Å². The van der Waals surface area contributed by atoms with E-state index in [-0.39, 0.29) is 17.5 Å². The number of rotatable bonds is 1. The predicted molar refractivity (Wildman–Crippen MR) is 45.5 cm³/mol. The topological polar surface area (TPSA) is 129 Å². The van der Waals surface area contributed by atoms with Crippen molar-refractivity contribution in [3.63, 3.8) is 0 Å². The Morgan fingerprint density at radius 3 is 2.23 bits per heavy atom. The molecule has 0 amide bonds. The molecule has 6 heteroatoms. The van der Waals surface area contributed by atoms with Gasteiger partial charge in [0.2, 0.25) is 0 Å². The number of carboxylic acid groups (broad SMARTS) is 1. The number of nitrogens with two attached hydrogens (primary N) is 2. The molecule has 0 radical (unpaired) electrons. The number of hydrogen-bond donors (Lipinski definition) is 3. The first-order valence-corrected chi connectivity index (χ1v) is 3.08. The van der Waals surface area contributed by atoms with E-state index in [0.29, 0.717) is 0 Å². The number of benzene rings is 1. The summed E-state index contributed by atoms with van der Waals surface area (Å²) in [6, 6.07) is 1.78. The zero-order valence-electron chi connectivity index (χ0n) is 7.00. The fraction of sp³-hybridized carbons (Fsp3) is 0. The summed E-state index contributed by atoms with van der Waals surface area (Å²) in [7, 11) is 0. The van der Waals surface area contributed by atoms with Gasteiger partial charge in [-0.1, -0.05) is 0 Å². The monoisotopic (exact) mass is 187 g/mol. The van der Waals surface area contributed by atoms with Crippen molar-refractivity contribution in [2.45, 2.75) is 0 Å². The normalized spacial score (nSPS) is 9.00. The molecule has 72 valence electrons. The molecule has 0 aromatic heterocycles. The average Bonchev–Trinajstić information content (AvgIpc) is 1.96. The smallest absolute Gasteiger partial charge is 0.134 e. The summed E-state index contributed by atoms with van der Waals surface area (Å²) in [6.45, 7) is 0. The summed E-state index contributed by atoms with van der Waals surface area (Å²) in [5.74, 6) is -2.55. The van der Waals surface area contributed by atoms with Crippen molar-refractivity contribution in [2.24, 2.45) is 0 Å². The van der Waals surface area contributed by atoms with E-state index < -0.39 is 17.3 Å². The second kappa shape index (κ2) is 3.72. The summed E-state index contributed by atoms with van der Waals surface area (Å²) in [6.07, 6.45) is 0. The Morgan fingerprint density at radius 2 is 1.77 bits per heavy atom. The van der Waals surface area contributed by atoms with Crippen LogP contribution in [0.3, 0.4) is 0 Å². The molecule has 0 atom stereocenters. The van der Waals surface area contributed by atoms with Crippen LogP contribution in [0.15, 0.2) is 12.1 Å². The van der Waals surface area contributed by atoms with Gasteiger partial charge in [-0.2, -0.15) is 0 Å². The van der Waals surface area contributed by atoms with E-state index in [4.69, 9.17) is 11.5 Å². The standard InChI is InChI=1S/C7H7FN2O2.H3N/c8-4-2-6(10)5(9)1-3(4)7(11)12;/h1-2H,9-10H2,(H,11,12);1H3. The zero-order valence-corrected chi connectivity index (χ0v) is 7.00. The quantitative estimate of drug-likeness (QED) is 0.522. The molecule has 0 aliphatic heterocycles. The Labute approximate surface area is 73.7 Å². The third-order valence-corrected chi connectivity index (χ3v) is 1.39. The van der Waals surface area contributed by atoms with Crippen LogP contribution in [-0.4, -0.2) is 5.97 Å². The maximum Gasteiger partial charge on any atom is 0.134 e. The van der Waals surface area contributed by atoms with E-state index in [1.54, 1.807) is 0 Å². The highest BCUT2D eigenvalue weighted by molar-refractivity contribution is 5.88. The minimum absolute atomic E-state index is 0. The molecular formula is C7H10FN3O2. The first-order chi connectivity index (χ1) is 5.52. The minimum atomic E-state index is -1.61. The summed E-state index contributed by atoms with van der Waals surface area (Å²) < 4.78 is 12.7. The molecule has 0 saturated carbocycles. The highest BCUT2D eigenvalue weighted by atomic mass is 19.1. The molecule has 1 aromatic rings. The van der Waals surface area contributed by atoms with Gasteiger partial charge >= 0.3 is 0 Å². The third kappa shape index (κ3) is 2.06. The molecule has 0 aliphatic rings. The van der Waals surface area contributed by atoms with Gasteiger partial charge in [0.15, 0.2) is 0 Å². The number of carbonyl (C=O) groups is 1. The molecule has 0 unspecified atom stereocenters. The van der Waals surface area contributed by atoms with Gasteiger partial charge in [0.25, 0.3) is 0 Å². The third-order valence-electron chi connectivity index (χ3n) is 1.39. The molecule has 8 N–H and O–H groups in total. The fourth-order valence-corrected chi connectivity index (χ4v) is 0.762. The van der Waals surface area contributed by atoms with E-state index in [1.165, 1.54) is 0 Å². The molecule has 0 saturated heterocycles. The van der Waals surface area contributed by atoms with E-state index in [9.17, 15) is 14.3 Å². The number of halogens is 1. The number of aromatic carboxylic acids is 1. The second-order valence-corrected chi connectivity index (χ2v) is 2.25. The van der Waals surface area contributed by atoms with Crippen LogP contribution in [0.4, 0.5) is 15.8 Å². The Kier molecular flexibility index (Phi) is 3.20. The van der Waals surface area contributed by atoms with Gasteiger partial charge < -0.3 is 27.5 Å². The van der Waals surface area contributed by atoms with E-state index in [1.807, 2.05) is 0 Å². The SMILES string of the molecule is Nc1cc(F)c(C(=O)[O-])cc1N.[NH4+]. The Balaban J connectivity index is 0.00000144. The molecule has 13 heavy (non-hydrogen) atoms. The largest absolute Gasteiger partial charge is 0.545 e. The second-order valence-electron chi connectivity index (χ2n) is 2.25. The molecule has 0 heterocycles. The lowest BCUT2D eigenvalue weighted by atomic mass is 10.1. The molecule has 5 nitrogen and oxygen atoms in total. The number of nitrogen functional groups attached to an aromatic ring is 2. The van der Waals surface area contributed by atoms with Crippen LogP contribution in [0.5, 0.6) is 0 Å². The maximum atomic E-state index is 12.7. The summed E-state index contributed by atoms with van der Waals surface area (Å²) in [5, 5.41) is 10.2. The molecule has 0 bridgehead atoms. The molecule has 1 rings (SSSR count). The Hall–Kier alpha value is -1.82. The van der Waals surface area contributed by atoms with Crippen LogP contribution >= 0.6 is 0 Å². The van der Waals surface area contributed by atoms with Gasteiger partial charge in [-0.15, -0.1) is 0 Å². The molecule has 0 aliphatic carbocycles. The Morgan fingerprint density at radius 1 is 1.31 bits per heavy atom. The number of quaternary nitrogens is 1. The first-order valence-electron chi connectivity index (χ1n) is 3.08. The lowest BCUT2D eigenvalue weighted by Gasteiger charge is -2.06. The van der Waals surface area contributed by atoms with Gasteiger partial charge in [0.05, 0.1) is 17.3 Å². The van der Waals surface area contributed by atoms with Crippen molar-refractivity contribution < 1.29 is 14.3 Å². The molecule has 1 aromatic carbocycles. The van der Waals surface area contributed by atoms with Crippen molar-refractivity contribution in [3.05, 3.63) is 23.5 Å². The summed E-state index contributed by atoms with van der Waals surface area (Å²) >= 11 is 0. The molecular weight excluding hydrogens is 177 g/mol. The number of carbonyl (C=O) groups excluding carboxylic acids is 1. The van der Waals surface area contributed by atoms with Gasteiger partial charge in [-0.05, 0) is 12.1 Å². The van der Waals surface area contributed by atoms with Crippen LogP contribution in [0, 0.1) is 5.82 Å². The van der Waals surface area contributed by atoms with E-state index in [2.05, 4.69) is 0 Å². The van der Waals surface area contributed by atoms with Crippen molar-refractivity contribution in [3.8, 4) is 0 Å². The average molecular weight is 187 g/mol. The van der Waals surface area contributed by atoms with Crippen LogP contribution in [0.1, 0.15) is 10.4 Å². The van der Waals surface area contributed by atoms with Crippen molar-refractivity contribution >= 4 is 17.3 Å². The Bertz CT molecular complexity index is 341. The minimum Gasteiger partial charge on any atom is -0.545 e. The molecule has 0 fully saturated rings. The molecule has 0 spiro atoms. The first kappa shape index (κ1) is 11.2. The fourth-order valence-electron chi connectivity index (χ4n) is 0.762. The van der Waals surface area contributed by atoms with Gasteiger partial charge in [-0.25, -0.2) is 4.39 Å². The van der Waals surface area contributed by atoms with Crippen LogP contribution in [0.2, 0.25) is 0 Å². The number of anilines is 2. The summed E-state index contributed by atoms with van der Waals surface area (Å²) in [5.41, 5.74) is 9.91. The van der Waals surface area contributed by atoms with Crippen LogP contribution in [-0.2, 0) is 0 Å². The predicted octanol–water partition coefficient (Wildman–Crippen LogP) is -0.270. The van der Waals surface area contributed by atoms with Crippen LogP contribution in [0.25, 0.3) is 0 Å².